The van der Waals surface area contributed by atoms with E-state index in [1.807, 2.05) is 54.8 Å². The van der Waals surface area contributed by atoms with E-state index in [-0.39, 0.29) is 29.9 Å². The van der Waals surface area contributed by atoms with Crippen LogP contribution in [0.25, 0.3) is 0 Å². The Kier molecular flexibility index (Phi) is 10.4. The summed E-state index contributed by atoms with van der Waals surface area (Å²) in [5.41, 5.74) is 2.67. The molecule has 0 atom stereocenters. The number of aliphatic imine (C=N–C) groups is 1. The highest BCUT2D eigenvalue weighted by molar-refractivity contribution is 14.1. The van der Waals surface area contributed by atoms with Crippen molar-refractivity contribution in [3.05, 3.63) is 63.2 Å². The Labute approximate surface area is 183 Å². The van der Waals surface area contributed by atoms with Gasteiger partial charge in [0.05, 0.1) is 0 Å². The molecule has 7 heteroatoms. The van der Waals surface area contributed by atoms with Gasteiger partial charge in [-0.05, 0) is 77.2 Å². The molecule has 0 spiro atoms. The second-order valence-electron chi connectivity index (χ2n) is 5.07. The minimum absolute atomic E-state index is 0. The number of rotatable bonds is 5. The maximum Gasteiger partial charge on any atom is 0.255 e. The Bertz CT molecular complexity index is 703. The monoisotopic (exact) mass is 581 g/mol. The van der Waals surface area contributed by atoms with E-state index in [0.29, 0.717) is 5.56 Å². The van der Waals surface area contributed by atoms with Crippen LogP contribution in [0, 0.1) is 3.57 Å². The fraction of sp³-hybridized carbons (Fsp3) is 0.222. The predicted octanol–water partition coefficient (Wildman–Crippen LogP) is 4.64. The van der Waals surface area contributed by atoms with E-state index in [0.717, 1.165) is 27.4 Å². The number of nitrogens with zero attached hydrogens (tertiary/aromatic N) is 1. The van der Waals surface area contributed by atoms with Crippen LogP contribution in [-0.2, 0) is 6.42 Å². The lowest BCUT2D eigenvalue weighted by atomic mass is 10.1. The van der Waals surface area contributed by atoms with Crippen LogP contribution in [0.5, 0.6) is 0 Å². The van der Waals surface area contributed by atoms with E-state index in [1.54, 1.807) is 18.8 Å². The van der Waals surface area contributed by atoms with Gasteiger partial charge in [0, 0.05) is 28.4 Å². The largest absolute Gasteiger partial charge is 0.365 e. The minimum atomic E-state index is -0.0930. The lowest BCUT2D eigenvalue weighted by molar-refractivity contribution is 0.102. The molecule has 0 heterocycles. The van der Waals surface area contributed by atoms with E-state index >= 15 is 0 Å². The molecule has 2 aromatic carbocycles. The first-order chi connectivity index (χ1) is 11.6. The van der Waals surface area contributed by atoms with Gasteiger partial charge in [-0.2, -0.15) is 0 Å². The second-order valence-corrected chi connectivity index (χ2v) is 7.11. The first-order valence-corrected chi connectivity index (χ1v) is 9.83. The maximum absolute atomic E-state index is 12.2. The molecule has 4 nitrogen and oxygen atoms in total. The number of halogens is 2. The summed E-state index contributed by atoms with van der Waals surface area (Å²) >= 11 is 3.83. The van der Waals surface area contributed by atoms with E-state index in [1.165, 1.54) is 5.56 Å². The van der Waals surface area contributed by atoms with Gasteiger partial charge in [-0.15, -0.1) is 24.0 Å². The number of amidine groups is 1. The maximum atomic E-state index is 12.2. The third-order valence-electron chi connectivity index (χ3n) is 3.40. The van der Waals surface area contributed by atoms with Crippen molar-refractivity contribution in [2.75, 3.05) is 25.2 Å². The quantitative estimate of drug-likeness (QED) is 0.308. The summed E-state index contributed by atoms with van der Waals surface area (Å²) in [5, 5.41) is 7.14. The summed E-state index contributed by atoms with van der Waals surface area (Å²) in [4.78, 5) is 16.3. The Morgan fingerprint density at radius 2 is 1.76 bits per heavy atom. The Hall–Kier alpha value is -0.810. The van der Waals surface area contributed by atoms with Crippen LogP contribution in [0.15, 0.2) is 53.5 Å². The summed E-state index contributed by atoms with van der Waals surface area (Å²) in [6.45, 7) is 0.835. The molecule has 0 saturated heterocycles. The lowest BCUT2D eigenvalue weighted by Crippen LogP contribution is -2.22. The molecule has 1 amide bonds. The van der Waals surface area contributed by atoms with Gasteiger partial charge in [-0.1, -0.05) is 23.9 Å². The highest BCUT2D eigenvalue weighted by atomic mass is 127. The molecular formula is C18H21I2N3OS. The topological polar surface area (TPSA) is 53.5 Å². The molecule has 0 aromatic heterocycles. The van der Waals surface area contributed by atoms with Crippen molar-refractivity contribution in [3.63, 3.8) is 0 Å². The van der Waals surface area contributed by atoms with E-state index in [2.05, 4.69) is 38.2 Å². The van der Waals surface area contributed by atoms with E-state index in [4.69, 9.17) is 0 Å². The number of nitrogens with one attached hydrogen (secondary N) is 2. The molecule has 0 aliphatic heterocycles. The van der Waals surface area contributed by atoms with Crippen molar-refractivity contribution in [1.29, 1.82) is 0 Å². The van der Waals surface area contributed by atoms with Gasteiger partial charge in [0.15, 0.2) is 5.17 Å². The predicted molar refractivity (Wildman–Crippen MR) is 128 cm³/mol. The molecular weight excluding hydrogens is 560 g/mol. The fourth-order valence-electron chi connectivity index (χ4n) is 2.12. The van der Waals surface area contributed by atoms with Crippen LogP contribution >= 0.6 is 58.3 Å². The molecule has 2 aromatic rings. The molecule has 0 aliphatic carbocycles. The average molecular weight is 581 g/mol. The fourth-order valence-corrected chi connectivity index (χ4v) is 2.90. The molecule has 0 fully saturated rings. The molecule has 0 bridgehead atoms. The smallest absolute Gasteiger partial charge is 0.255 e. The number of hydrogen-bond donors (Lipinski definition) is 2. The summed E-state index contributed by atoms with van der Waals surface area (Å²) in [5.74, 6) is -0.0930. The molecule has 0 radical (unpaired) electrons. The van der Waals surface area contributed by atoms with Gasteiger partial charge in [0.2, 0.25) is 0 Å². The Balaban J connectivity index is 0.00000312. The zero-order valence-corrected chi connectivity index (χ0v) is 19.4. The number of carbonyl (C=O) groups is 1. The van der Waals surface area contributed by atoms with Crippen molar-refractivity contribution in [3.8, 4) is 0 Å². The Morgan fingerprint density at radius 1 is 1.12 bits per heavy atom. The number of benzene rings is 2. The lowest BCUT2D eigenvalue weighted by Gasteiger charge is -2.08. The van der Waals surface area contributed by atoms with Crippen LogP contribution in [-0.4, -0.2) is 30.9 Å². The summed E-state index contributed by atoms with van der Waals surface area (Å²) in [7, 11) is 1.78. The number of amides is 1. The molecule has 0 unspecified atom stereocenters. The first-order valence-electron chi connectivity index (χ1n) is 7.53. The summed E-state index contributed by atoms with van der Waals surface area (Å²) < 4.78 is 1.11. The SMILES string of the molecule is CN=C(NCCc1ccc(NC(=O)c2ccc(I)cc2)cc1)SC.I. The zero-order chi connectivity index (χ0) is 17.4. The molecule has 134 valence electrons. The minimum Gasteiger partial charge on any atom is -0.365 e. The molecule has 25 heavy (non-hydrogen) atoms. The van der Waals surface area contributed by atoms with Crippen molar-refractivity contribution < 1.29 is 4.79 Å². The highest BCUT2D eigenvalue weighted by Gasteiger charge is 2.05. The number of carbonyl (C=O) groups excluding carboxylic acids is 1. The van der Waals surface area contributed by atoms with Crippen LogP contribution in [0.3, 0.4) is 0 Å². The number of hydrogen-bond acceptors (Lipinski definition) is 3. The van der Waals surface area contributed by atoms with Crippen molar-refractivity contribution in [2.24, 2.45) is 4.99 Å². The van der Waals surface area contributed by atoms with Crippen molar-refractivity contribution in [1.82, 2.24) is 5.32 Å². The van der Waals surface area contributed by atoms with Crippen LogP contribution in [0.4, 0.5) is 5.69 Å². The molecule has 0 saturated carbocycles. The van der Waals surface area contributed by atoms with Gasteiger partial charge in [0.25, 0.3) is 5.91 Å². The highest BCUT2D eigenvalue weighted by Crippen LogP contribution is 2.13. The third-order valence-corrected chi connectivity index (χ3v) is 4.84. The summed E-state index contributed by atoms with van der Waals surface area (Å²) in [6.07, 6.45) is 2.91. The molecule has 2 rings (SSSR count). The Morgan fingerprint density at radius 3 is 2.32 bits per heavy atom. The number of anilines is 1. The third kappa shape index (κ3) is 7.53. The normalized spacial score (nSPS) is 10.8. The standard InChI is InChI=1S/C18H20IN3OS.HI/c1-20-18(24-2)21-12-11-13-3-9-16(10-4-13)22-17(23)14-5-7-15(19)8-6-14;/h3-10H,11-12H2,1-2H3,(H,20,21)(H,22,23);1H. The van der Waals surface area contributed by atoms with Gasteiger partial charge >= 0.3 is 0 Å². The zero-order valence-electron chi connectivity index (χ0n) is 14.1. The van der Waals surface area contributed by atoms with Gasteiger partial charge in [-0.25, -0.2) is 0 Å². The van der Waals surface area contributed by atoms with E-state index in [9.17, 15) is 4.79 Å². The van der Waals surface area contributed by atoms with Crippen LogP contribution < -0.4 is 10.6 Å². The number of thioether (sulfide) groups is 1. The van der Waals surface area contributed by atoms with Crippen LogP contribution in [0.2, 0.25) is 0 Å². The summed E-state index contributed by atoms with van der Waals surface area (Å²) in [6, 6.07) is 15.4. The van der Waals surface area contributed by atoms with Crippen molar-refractivity contribution in [2.45, 2.75) is 6.42 Å². The molecule has 2 N–H and O–H groups in total. The first kappa shape index (κ1) is 22.2. The van der Waals surface area contributed by atoms with Crippen LogP contribution in [0.1, 0.15) is 15.9 Å². The second kappa shape index (κ2) is 11.7. The van der Waals surface area contributed by atoms with Crippen molar-refractivity contribution >= 4 is 75.1 Å². The van der Waals surface area contributed by atoms with Gasteiger partial charge in [0.1, 0.15) is 0 Å². The molecule has 0 aliphatic rings. The average Bonchev–Trinajstić information content (AvgIpc) is 2.60. The van der Waals surface area contributed by atoms with Gasteiger partial charge in [-0.3, -0.25) is 9.79 Å². The van der Waals surface area contributed by atoms with E-state index < -0.39 is 0 Å². The van der Waals surface area contributed by atoms with Gasteiger partial charge < -0.3 is 10.6 Å².